The van der Waals surface area contributed by atoms with Crippen molar-refractivity contribution >= 4 is 22.6 Å². The fourth-order valence-electron chi connectivity index (χ4n) is 4.92. The number of hydrogen-bond donors (Lipinski definition) is 1. The number of anilines is 1. The van der Waals surface area contributed by atoms with Crippen molar-refractivity contribution in [3.05, 3.63) is 76.1 Å². The van der Waals surface area contributed by atoms with Crippen LogP contribution in [-0.2, 0) is 4.79 Å². The molecule has 1 aromatic heterocycles. The maximum atomic E-state index is 13.7. The Hall–Kier alpha value is -4.86. The van der Waals surface area contributed by atoms with E-state index in [4.69, 9.17) is 32.8 Å². The molecule has 0 spiro atoms. The molecular weight excluding hydrogens is 494 g/mol. The van der Waals surface area contributed by atoms with Gasteiger partial charge in [0.05, 0.1) is 38.2 Å². The minimum absolute atomic E-state index is 0.0303. The quantitative estimate of drug-likeness (QED) is 0.378. The molecule has 2 aliphatic rings. The first-order valence-corrected chi connectivity index (χ1v) is 11.8. The van der Waals surface area contributed by atoms with Crippen LogP contribution in [0.25, 0.3) is 11.0 Å². The molecule has 1 N–H and O–H groups in total. The lowest BCUT2D eigenvalue weighted by molar-refractivity contribution is -0.122. The molecule has 0 saturated heterocycles. The van der Waals surface area contributed by atoms with Gasteiger partial charge in [-0.1, -0.05) is 12.1 Å². The summed E-state index contributed by atoms with van der Waals surface area (Å²) in [4.78, 5) is 27.1. The molecule has 3 aromatic carbocycles. The first-order valence-electron chi connectivity index (χ1n) is 11.8. The van der Waals surface area contributed by atoms with Crippen LogP contribution in [-0.4, -0.2) is 40.1 Å². The van der Waals surface area contributed by atoms with Crippen molar-refractivity contribution in [3.8, 4) is 34.5 Å². The van der Waals surface area contributed by atoms with Crippen LogP contribution in [0.1, 0.15) is 17.0 Å². The normalized spacial score (nSPS) is 17.0. The SMILES string of the molecule is COc1ccc(NC(=O)[C@@H]2Oc3c(c(=O)oc4ccccc34)[C@H]2c2cc(OC)c3c(c2OC)OCO3)cc1. The molecular formula is C28H23NO9. The van der Waals surface area contributed by atoms with Gasteiger partial charge in [0.15, 0.2) is 17.6 Å². The molecule has 0 aliphatic carbocycles. The van der Waals surface area contributed by atoms with Crippen LogP contribution < -0.4 is 39.4 Å². The number of fused-ring (bicyclic) bond motifs is 4. The Morgan fingerprint density at radius 3 is 2.42 bits per heavy atom. The molecule has 0 saturated carbocycles. The van der Waals surface area contributed by atoms with E-state index < -0.39 is 23.6 Å². The summed E-state index contributed by atoms with van der Waals surface area (Å²) in [6.45, 7) is -0.0303. The van der Waals surface area contributed by atoms with E-state index in [1.54, 1.807) is 61.7 Å². The fraction of sp³-hybridized carbons (Fsp3) is 0.214. The van der Waals surface area contributed by atoms with Crippen molar-refractivity contribution in [1.29, 1.82) is 0 Å². The Labute approximate surface area is 216 Å². The zero-order valence-electron chi connectivity index (χ0n) is 20.7. The van der Waals surface area contributed by atoms with Crippen LogP contribution in [0.3, 0.4) is 0 Å². The number of ether oxygens (including phenoxy) is 6. The predicted molar refractivity (Wildman–Crippen MR) is 136 cm³/mol. The Balaban J connectivity index is 1.53. The molecule has 3 heterocycles. The Morgan fingerprint density at radius 2 is 1.68 bits per heavy atom. The van der Waals surface area contributed by atoms with Crippen LogP contribution in [0, 0.1) is 0 Å². The van der Waals surface area contributed by atoms with Gasteiger partial charge in [0.1, 0.15) is 17.1 Å². The van der Waals surface area contributed by atoms with Crippen molar-refractivity contribution in [2.45, 2.75) is 12.0 Å². The van der Waals surface area contributed by atoms with E-state index in [-0.39, 0.29) is 18.1 Å². The van der Waals surface area contributed by atoms with Crippen molar-refractivity contribution in [3.63, 3.8) is 0 Å². The van der Waals surface area contributed by atoms with E-state index in [0.717, 1.165) is 0 Å². The number of hydrogen-bond acceptors (Lipinski definition) is 9. The molecule has 1 amide bonds. The second-order valence-electron chi connectivity index (χ2n) is 8.63. The number of amides is 1. The highest BCUT2D eigenvalue weighted by molar-refractivity contribution is 5.98. The molecule has 10 nitrogen and oxygen atoms in total. The first kappa shape index (κ1) is 23.5. The third kappa shape index (κ3) is 3.64. The monoisotopic (exact) mass is 517 g/mol. The van der Waals surface area contributed by atoms with Gasteiger partial charge < -0.3 is 38.2 Å². The standard InChI is InChI=1S/C28H23NO9/c1-32-15-10-8-14(9-11-15)29-27(30)25-20(17-12-19(33-2)24-26(23(17)34-3)36-13-35-24)21-22(38-25)16-6-4-5-7-18(16)37-28(21)31/h4-12,20,25H,13H2,1-3H3,(H,29,30)/t20-,25-/m1/s1. The van der Waals surface area contributed by atoms with Gasteiger partial charge in [-0.2, -0.15) is 0 Å². The predicted octanol–water partition coefficient (Wildman–Crippen LogP) is 4.08. The van der Waals surface area contributed by atoms with E-state index in [1.807, 2.05) is 0 Å². The van der Waals surface area contributed by atoms with Crippen LogP contribution in [0.4, 0.5) is 5.69 Å². The van der Waals surface area contributed by atoms with Crippen LogP contribution in [0.15, 0.2) is 63.8 Å². The number of para-hydroxylation sites is 1. The summed E-state index contributed by atoms with van der Waals surface area (Å²) in [6, 6.07) is 15.5. The maximum absolute atomic E-state index is 13.7. The molecule has 4 aromatic rings. The van der Waals surface area contributed by atoms with E-state index in [2.05, 4.69) is 5.32 Å². The zero-order valence-corrected chi connectivity index (χ0v) is 20.7. The Kier molecular flexibility index (Phi) is 5.71. The highest BCUT2D eigenvalue weighted by Gasteiger charge is 2.47. The third-order valence-corrected chi connectivity index (χ3v) is 6.62. The molecule has 194 valence electrons. The Bertz CT molecular complexity index is 1610. The van der Waals surface area contributed by atoms with Crippen LogP contribution >= 0.6 is 0 Å². The molecule has 10 heteroatoms. The van der Waals surface area contributed by atoms with Gasteiger partial charge in [-0.15, -0.1) is 0 Å². The van der Waals surface area contributed by atoms with Crippen molar-refractivity contribution < 1.29 is 37.6 Å². The minimum atomic E-state index is -1.15. The summed E-state index contributed by atoms with van der Waals surface area (Å²) in [6.07, 6.45) is -1.15. The molecule has 0 radical (unpaired) electrons. The lowest BCUT2D eigenvalue weighted by atomic mass is 9.87. The highest BCUT2D eigenvalue weighted by atomic mass is 16.7. The van der Waals surface area contributed by atoms with Gasteiger partial charge in [0.25, 0.3) is 5.91 Å². The van der Waals surface area contributed by atoms with Crippen molar-refractivity contribution in [1.82, 2.24) is 0 Å². The molecule has 6 rings (SSSR count). The van der Waals surface area contributed by atoms with Gasteiger partial charge in [-0.05, 0) is 42.5 Å². The van der Waals surface area contributed by atoms with Crippen molar-refractivity contribution in [2.75, 3.05) is 33.4 Å². The second-order valence-corrected chi connectivity index (χ2v) is 8.63. The largest absolute Gasteiger partial charge is 0.497 e. The topological polar surface area (TPSA) is 115 Å². The second kappa shape index (κ2) is 9.22. The maximum Gasteiger partial charge on any atom is 0.344 e. The fourth-order valence-corrected chi connectivity index (χ4v) is 4.92. The molecule has 38 heavy (non-hydrogen) atoms. The van der Waals surface area contributed by atoms with Crippen LogP contribution in [0.5, 0.6) is 34.5 Å². The molecule has 0 unspecified atom stereocenters. The molecule has 0 bridgehead atoms. The summed E-state index contributed by atoms with van der Waals surface area (Å²) in [7, 11) is 4.52. The summed E-state index contributed by atoms with van der Waals surface area (Å²) in [5.74, 6) is 0.880. The summed E-state index contributed by atoms with van der Waals surface area (Å²) in [5.41, 5.74) is 0.896. The van der Waals surface area contributed by atoms with Gasteiger partial charge in [0.2, 0.25) is 18.3 Å². The van der Waals surface area contributed by atoms with Crippen LogP contribution in [0.2, 0.25) is 0 Å². The number of rotatable bonds is 6. The summed E-state index contributed by atoms with van der Waals surface area (Å²) < 4.78 is 39.6. The Morgan fingerprint density at radius 1 is 0.921 bits per heavy atom. The number of carbonyl (C=O) groups is 1. The number of benzene rings is 3. The average Bonchev–Trinajstić information content (AvgIpc) is 3.59. The van der Waals surface area contributed by atoms with Crippen molar-refractivity contribution in [2.24, 2.45) is 0 Å². The third-order valence-electron chi connectivity index (χ3n) is 6.62. The summed E-state index contributed by atoms with van der Waals surface area (Å²) >= 11 is 0. The molecule has 0 fully saturated rings. The van der Waals surface area contributed by atoms with Gasteiger partial charge in [-0.3, -0.25) is 4.79 Å². The zero-order chi connectivity index (χ0) is 26.4. The number of nitrogens with one attached hydrogen (secondary N) is 1. The lowest BCUT2D eigenvalue weighted by Gasteiger charge is -2.22. The molecule has 2 aliphatic heterocycles. The van der Waals surface area contributed by atoms with E-state index in [9.17, 15) is 9.59 Å². The van der Waals surface area contributed by atoms with E-state index >= 15 is 0 Å². The first-order chi connectivity index (χ1) is 18.5. The molecule has 2 atom stereocenters. The number of methoxy groups -OCH3 is 3. The van der Waals surface area contributed by atoms with E-state index in [1.165, 1.54) is 14.2 Å². The summed E-state index contributed by atoms with van der Waals surface area (Å²) in [5, 5.41) is 3.44. The lowest BCUT2D eigenvalue weighted by Crippen LogP contribution is -2.35. The van der Waals surface area contributed by atoms with Gasteiger partial charge in [0, 0.05) is 11.3 Å². The average molecular weight is 517 g/mol. The van der Waals surface area contributed by atoms with E-state index in [0.29, 0.717) is 51.0 Å². The van der Waals surface area contributed by atoms with Gasteiger partial charge in [-0.25, -0.2) is 4.79 Å². The number of carbonyl (C=O) groups excluding carboxylic acids is 1. The minimum Gasteiger partial charge on any atom is -0.497 e. The highest BCUT2D eigenvalue weighted by Crippen LogP contribution is 2.55. The van der Waals surface area contributed by atoms with Gasteiger partial charge >= 0.3 is 5.63 Å². The smallest absolute Gasteiger partial charge is 0.344 e.